The largest absolute Gasteiger partial charge is 0.378 e. The zero-order chi connectivity index (χ0) is 20.3. The summed E-state index contributed by atoms with van der Waals surface area (Å²) in [6, 6.07) is 8.95. The van der Waals surface area contributed by atoms with E-state index in [1.54, 1.807) is 13.1 Å². The van der Waals surface area contributed by atoms with Crippen molar-refractivity contribution in [1.29, 1.82) is 0 Å². The predicted octanol–water partition coefficient (Wildman–Crippen LogP) is 2.74. The van der Waals surface area contributed by atoms with Crippen molar-refractivity contribution in [2.75, 3.05) is 12.8 Å². The summed E-state index contributed by atoms with van der Waals surface area (Å²) in [4.78, 5) is 4.55. The van der Waals surface area contributed by atoms with E-state index in [9.17, 15) is 17.9 Å². The molecule has 147 valence electrons. The van der Waals surface area contributed by atoms with Crippen LogP contribution < -0.4 is 5.32 Å². The number of aliphatic hydroxyl groups is 1. The molecular weight excluding hydrogens is 401 g/mol. The Kier molecular flexibility index (Phi) is 6.19. The summed E-state index contributed by atoms with van der Waals surface area (Å²) in [6.07, 6.45) is 3.38. The number of pyridine rings is 1. The molecule has 0 aliphatic carbocycles. The third kappa shape index (κ3) is 4.27. The Labute approximate surface area is 167 Å². The Morgan fingerprint density at radius 3 is 2.79 bits per heavy atom. The van der Waals surface area contributed by atoms with Crippen LogP contribution in [0.15, 0.2) is 64.8 Å². The zero-order valence-electron chi connectivity index (χ0n) is 15.0. The van der Waals surface area contributed by atoms with Gasteiger partial charge in [0, 0.05) is 34.8 Å². The number of aliphatic hydroxyl groups excluding tert-OH is 1. The molecule has 0 saturated heterocycles. The summed E-state index contributed by atoms with van der Waals surface area (Å²) < 4.78 is 41.7. The van der Waals surface area contributed by atoms with E-state index in [0.29, 0.717) is 16.2 Å². The number of hydrogen-bond donors (Lipinski definition) is 2. The molecule has 28 heavy (non-hydrogen) atoms. The third-order valence-electron chi connectivity index (χ3n) is 3.98. The molecule has 1 unspecified atom stereocenters. The minimum Gasteiger partial charge on any atom is -0.378 e. The minimum atomic E-state index is -4.02. The average molecular weight is 421 g/mol. The van der Waals surface area contributed by atoms with Crippen LogP contribution in [0.3, 0.4) is 0 Å². The molecule has 2 heterocycles. The predicted molar refractivity (Wildman–Crippen MR) is 107 cm³/mol. The maximum Gasteiger partial charge on any atom is 0.269 e. The van der Waals surface area contributed by atoms with Gasteiger partial charge in [0.2, 0.25) is 0 Å². The number of rotatable bonds is 7. The van der Waals surface area contributed by atoms with Gasteiger partial charge in [-0.05, 0) is 43.8 Å². The lowest BCUT2D eigenvalue weighted by Crippen LogP contribution is -2.26. The van der Waals surface area contributed by atoms with E-state index < -0.39 is 22.1 Å². The number of nitrogens with one attached hydrogen (secondary N) is 1. The van der Waals surface area contributed by atoms with E-state index in [4.69, 9.17) is 0 Å². The molecule has 1 atom stereocenters. The van der Waals surface area contributed by atoms with E-state index in [1.165, 1.54) is 60.7 Å². The Bertz CT molecular complexity index is 1080. The number of thioether (sulfide) groups is 1. The van der Waals surface area contributed by atoms with Crippen LogP contribution in [-0.4, -0.2) is 41.5 Å². The first-order valence-corrected chi connectivity index (χ1v) is 10.7. The minimum absolute atomic E-state index is 0.0374. The van der Waals surface area contributed by atoms with E-state index >= 15 is 0 Å². The number of hydrogen-bond acceptors (Lipinski definition) is 6. The molecule has 0 aliphatic rings. The standard InChI is InChI=1S/C19H19FN3O3S2/c1-13-7-18(16-5-3-4-6-17(16)20)23(11-13)28(25,26)15-8-14(9-22-10-15)27-12-19(24)21-2/h3-11,19,21,24H,1,12H2,2H3. The van der Waals surface area contributed by atoms with Crippen molar-refractivity contribution in [1.82, 2.24) is 14.3 Å². The fourth-order valence-electron chi connectivity index (χ4n) is 2.55. The molecule has 0 fully saturated rings. The summed E-state index contributed by atoms with van der Waals surface area (Å²) in [5.41, 5.74) is 0.792. The highest BCUT2D eigenvalue weighted by Gasteiger charge is 2.23. The van der Waals surface area contributed by atoms with Crippen molar-refractivity contribution >= 4 is 21.8 Å². The first-order valence-electron chi connectivity index (χ1n) is 8.31. The number of aromatic nitrogens is 2. The normalized spacial score (nSPS) is 12.9. The number of benzene rings is 1. The van der Waals surface area contributed by atoms with E-state index in [-0.39, 0.29) is 16.2 Å². The van der Waals surface area contributed by atoms with Crippen LogP contribution in [0.4, 0.5) is 4.39 Å². The van der Waals surface area contributed by atoms with Gasteiger partial charge in [-0.2, -0.15) is 0 Å². The highest BCUT2D eigenvalue weighted by Crippen LogP contribution is 2.29. The zero-order valence-corrected chi connectivity index (χ0v) is 16.7. The second kappa shape index (κ2) is 8.44. The van der Waals surface area contributed by atoms with Gasteiger partial charge in [0.1, 0.15) is 16.9 Å². The number of nitrogens with zero attached hydrogens (tertiary/aromatic N) is 2. The lowest BCUT2D eigenvalue weighted by Gasteiger charge is -2.12. The van der Waals surface area contributed by atoms with Gasteiger partial charge >= 0.3 is 0 Å². The molecule has 6 nitrogen and oxygen atoms in total. The second-order valence-electron chi connectivity index (χ2n) is 5.99. The van der Waals surface area contributed by atoms with Crippen molar-refractivity contribution in [2.24, 2.45) is 0 Å². The summed E-state index contributed by atoms with van der Waals surface area (Å²) in [7, 11) is -2.40. The lowest BCUT2D eigenvalue weighted by molar-refractivity contribution is 0.171. The first-order chi connectivity index (χ1) is 13.3. The van der Waals surface area contributed by atoms with E-state index in [1.807, 2.05) is 0 Å². The topological polar surface area (TPSA) is 84.2 Å². The molecule has 1 radical (unpaired) electrons. The molecule has 3 aromatic rings. The van der Waals surface area contributed by atoms with Crippen molar-refractivity contribution in [3.05, 3.63) is 73.3 Å². The summed E-state index contributed by atoms with van der Waals surface area (Å²) in [5, 5.41) is 12.3. The van der Waals surface area contributed by atoms with Crippen molar-refractivity contribution in [3.63, 3.8) is 0 Å². The highest BCUT2D eigenvalue weighted by molar-refractivity contribution is 7.99. The van der Waals surface area contributed by atoms with Gasteiger partial charge in [-0.3, -0.25) is 10.3 Å². The molecule has 0 spiro atoms. The van der Waals surface area contributed by atoms with Gasteiger partial charge in [-0.1, -0.05) is 12.1 Å². The quantitative estimate of drug-likeness (QED) is 0.452. The van der Waals surface area contributed by atoms with E-state index in [0.717, 1.165) is 3.97 Å². The lowest BCUT2D eigenvalue weighted by atomic mass is 10.1. The van der Waals surface area contributed by atoms with Crippen LogP contribution in [0.2, 0.25) is 0 Å². The molecule has 2 N–H and O–H groups in total. The summed E-state index contributed by atoms with van der Waals surface area (Å²) in [5.74, 6) is -0.199. The van der Waals surface area contributed by atoms with Crippen molar-refractivity contribution < 1.29 is 17.9 Å². The van der Waals surface area contributed by atoms with Crippen LogP contribution in [0.5, 0.6) is 0 Å². The fourth-order valence-corrected chi connectivity index (χ4v) is 4.87. The van der Waals surface area contributed by atoms with Gasteiger partial charge in [0.25, 0.3) is 10.0 Å². The third-order valence-corrected chi connectivity index (χ3v) is 6.66. The van der Waals surface area contributed by atoms with Crippen molar-refractivity contribution in [2.45, 2.75) is 16.0 Å². The van der Waals surface area contributed by atoms with Gasteiger partial charge in [0.05, 0.1) is 5.69 Å². The van der Waals surface area contributed by atoms with Crippen LogP contribution >= 0.6 is 11.8 Å². The van der Waals surface area contributed by atoms with Crippen LogP contribution in [0.25, 0.3) is 11.3 Å². The fraction of sp³-hybridized carbons (Fsp3) is 0.158. The Morgan fingerprint density at radius 1 is 1.32 bits per heavy atom. The average Bonchev–Trinajstić information content (AvgIpc) is 3.09. The molecule has 0 saturated carbocycles. The molecule has 0 amide bonds. The van der Waals surface area contributed by atoms with Crippen LogP contribution in [0.1, 0.15) is 5.56 Å². The maximum atomic E-state index is 14.3. The van der Waals surface area contributed by atoms with E-state index in [2.05, 4.69) is 17.2 Å². The molecular formula is C19H19FN3O3S2. The van der Waals surface area contributed by atoms with Gasteiger partial charge in [0.15, 0.2) is 0 Å². The highest BCUT2D eigenvalue weighted by atomic mass is 32.2. The Balaban J connectivity index is 2.02. The molecule has 9 heteroatoms. The maximum absolute atomic E-state index is 14.3. The van der Waals surface area contributed by atoms with Crippen LogP contribution in [0, 0.1) is 12.7 Å². The molecule has 2 aromatic heterocycles. The monoisotopic (exact) mass is 420 g/mol. The molecule has 1 aromatic carbocycles. The van der Waals surface area contributed by atoms with Crippen molar-refractivity contribution in [3.8, 4) is 11.3 Å². The number of halogens is 1. The summed E-state index contributed by atoms with van der Waals surface area (Å²) in [6.45, 7) is 3.78. The van der Waals surface area contributed by atoms with Crippen LogP contribution in [-0.2, 0) is 10.0 Å². The molecule has 0 aliphatic heterocycles. The molecule has 0 bridgehead atoms. The SMILES string of the molecule is [CH2]c1cc(-c2ccccc2F)n(S(=O)(=O)c2cncc(SCC(O)NC)c2)c1. The smallest absolute Gasteiger partial charge is 0.269 e. The first kappa shape index (κ1) is 20.5. The van der Waals surface area contributed by atoms with Gasteiger partial charge in [-0.15, -0.1) is 11.8 Å². The van der Waals surface area contributed by atoms with Gasteiger partial charge in [-0.25, -0.2) is 16.8 Å². The Morgan fingerprint density at radius 2 is 2.07 bits per heavy atom. The summed E-state index contributed by atoms with van der Waals surface area (Å²) >= 11 is 1.27. The van der Waals surface area contributed by atoms with Gasteiger partial charge < -0.3 is 5.11 Å². The molecule has 3 rings (SSSR count). The second-order valence-corrected chi connectivity index (χ2v) is 8.89. The Hall–Kier alpha value is -2.20.